The smallest absolute Gasteiger partial charge is 0.252 e. The molecule has 1 atom stereocenters. The summed E-state index contributed by atoms with van der Waals surface area (Å²) in [5, 5.41) is 6.12. The fraction of sp³-hybridized carbons (Fsp3) is 0.400. The molecule has 4 rings (SSSR count). The molecule has 1 aromatic carbocycles. The van der Waals surface area contributed by atoms with Crippen LogP contribution in [0.2, 0.25) is 0 Å². The average molecular weight is 467 g/mol. The van der Waals surface area contributed by atoms with E-state index in [-0.39, 0.29) is 11.9 Å². The number of benzene rings is 1. The van der Waals surface area contributed by atoms with Crippen molar-refractivity contribution in [2.45, 2.75) is 37.9 Å². The molecule has 0 bridgehead atoms. The molecule has 2 amide bonds. The number of nitrogens with two attached hydrogens (primary N) is 1. The van der Waals surface area contributed by atoms with Gasteiger partial charge < -0.3 is 26.2 Å². The molecule has 180 valence electrons. The molecule has 4 N–H and O–H groups in total. The van der Waals surface area contributed by atoms with Gasteiger partial charge in [0.25, 0.3) is 5.91 Å². The van der Waals surface area contributed by atoms with Crippen LogP contribution in [0.15, 0.2) is 49.1 Å². The molecule has 2 aromatic rings. The molecule has 2 aliphatic rings. The minimum absolute atomic E-state index is 0.0112. The normalized spacial score (nSPS) is 19.5. The second-order valence-electron chi connectivity index (χ2n) is 9.15. The number of nitrogens with one attached hydrogen (secondary N) is 2. The molecule has 0 aliphatic carbocycles. The second kappa shape index (κ2) is 9.70. The Labute approximate surface area is 199 Å². The van der Waals surface area contributed by atoms with Gasteiger partial charge in [-0.3, -0.25) is 9.59 Å². The first kappa shape index (κ1) is 23.5. The zero-order chi connectivity index (χ0) is 24.3. The van der Waals surface area contributed by atoms with E-state index in [1.807, 2.05) is 24.3 Å². The number of carbonyl (C=O) groups is 2. The van der Waals surface area contributed by atoms with Crippen molar-refractivity contribution in [3.63, 3.8) is 0 Å². The SMILES string of the molecule is C=CC(=O)N[C@H]1CCN(c2ccc(C(N)=O)c(Nc3ccc(N4CCC(C)(F)CC4)cc3)n2)C1. The number of amides is 2. The predicted molar refractivity (Wildman–Crippen MR) is 132 cm³/mol. The first-order chi connectivity index (χ1) is 16.2. The maximum Gasteiger partial charge on any atom is 0.252 e. The number of aromatic nitrogens is 1. The van der Waals surface area contributed by atoms with Crippen LogP contribution >= 0.6 is 0 Å². The maximum atomic E-state index is 14.1. The summed E-state index contributed by atoms with van der Waals surface area (Å²) in [5.41, 5.74) is 6.58. The molecule has 9 heteroatoms. The Morgan fingerprint density at radius 3 is 2.50 bits per heavy atom. The number of piperidine rings is 1. The summed E-state index contributed by atoms with van der Waals surface area (Å²) in [6.45, 7) is 7.85. The van der Waals surface area contributed by atoms with Crippen molar-refractivity contribution in [2.75, 3.05) is 41.3 Å². The highest BCUT2D eigenvalue weighted by molar-refractivity contribution is 5.98. The second-order valence-corrected chi connectivity index (χ2v) is 9.15. The van der Waals surface area contributed by atoms with Gasteiger partial charge >= 0.3 is 0 Å². The number of primary amides is 1. The van der Waals surface area contributed by atoms with E-state index in [2.05, 4.69) is 32.0 Å². The summed E-state index contributed by atoms with van der Waals surface area (Å²) >= 11 is 0. The fourth-order valence-electron chi connectivity index (χ4n) is 4.39. The predicted octanol–water partition coefficient (Wildman–Crippen LogP) is 3.13. The molecular weight excluding hydrogens is 435 g/mol. The molecule has 0 radical (unpaired) electrons. The number of carbonyl (C=O) groups excluding carboxylic acids is 2. The first-order valence-corrected chi connectivity index (χ1v) is 11.5. The van der Waals surface area contributed by atoms with E-state index < -0.39 is 11.6 Å². The van der Waals surface area contributed by atoms with Crippen molar-refractivity contribution < 1.29 is 14.0 Å². The largest absolute Gasteiger partial charge is 0.371 e. The summed E-state index contributed by atoms with van der Waals surface area (Å²) in [4.78, 5) is 32.5. The molecule has 2 aliphatic heterocycles. The lowest BCUT2D eigenvalue weighted by Gasteiger charge is -2.35. The Morgan fingerprint density at radius 2 is 1.85 bits per heavy atom. The number of alkyl halides is 1. The maximum absolute atomic E-state index is 14.1. The highest BCUT2D eigenvalue weighted by Gasteiger charge is 2.29. The summed E-state index contributed by atoms with van der Waals surface area (Å²) in [6.07, 6.45) is 3.08. The van der Waals surface area contributed by atoms with Crippen LogP contribution in [0.3, 0.4) is 0 Å². The van der Waals surface area contributed by atoms with Crippen LogP contribution in [-0.4, -0.2) is 54.7 Å². The van der Waals surface area contributed by atoms with Crippen LogP contribution in [0.25, 0.3) is 0 Å². The van der Waals surface area contributed by atoms with Gasteiger partial charge in [0, 0.05) is 43.6 Å². The number of pyridine rings is 1. The Hall–Kier alpha value is -3.62. The summed E-state index contributed by atoms with van der Waals surface area (Å²) in [6, 6.07) is 11.2. The lowest BCUT2D eigenvalue weighted by atomic mass is 9.95. The van der Waals surface area contributed by atoms with Crippen LogP contribution in [0, 0.1) is 0 Å². The number of hydrogen-bond donors (Lipinski definition) is 3. The molecule has 2 saturated heterocycles. The standard InChI is InChI=1S/C25H31FN6O2/c1-3-22(33)28-18-10-13-32(16-18)21-9-8-20(23(27)34)24(30-21)29-17-4-6-19(7-5-17)31-14-11-25(2,26)12-15-31/h3-9,18H,1,10-16H2,2H3,(H2,27,34)(H,28,33)(H,29,30)/t18-/m0/s1. The monoisotopic (exact) mass is 466 g/mol. The molecule has 2 fully saturated rings. The quantitative estimate of drug-likeness (QED) is 0.542. The van der Waals surface area contributed by atoms with Crippen molar-refractivity contribution in [3.8, 4) is 0 Å². The van der Waals surface area contributed by atoms with Gasteiger partial charge in [-0.25, -0.2) is 9.37 Å². The van der Waals surface area contributed by atoms with E-state index in [1.165, 1.54) is 6.08 Å². The highest BCUT2D eigenvalue weighted by Crippen LogP contribution is 2.30. The van der Waals surface area contributed by atoms with Gasteiger partial charge in [-0.2, -0.15) is 0 Å². The number of nitrogens with zero attached hydrogens (tertiary/aromatic N) is 3. The first-order valence-electron chi connectivity index (χ1n) is 11.5. The lowest BCUT2D eigenvalue weighted by Crippen LogP contribution is -2.40. The van der Waals surface area contributed by atoms with Crippen LogP contribution in [0.4, 0.5) is 27.4 Å². The van der Waals surface area contributed by atoms with Crippen molar-refractivity contribution in [1.29, 1.82) is 0 Å². The average Bonchev–Trinajstić information content (AvgIpc) is 3.28. The molecule has 0 spiro atoms. The summed E-state index contributed by atoms with van der Waals surface area (Å²) < 4.78 is 14.1. The topological polar surface area (TPSA) is 104 Å². The van der Waals surface area contributed by atoms with Crippen LogP contribution < -0.4 is 26.2 Å². The third kappa shape index (κ3) is 5.47. The zero-order valence-electron chi connectivity index (χ0n) is 19.4. The van der Waals surface area contributed by atoms with Gasteiger partial charge in [0.05, 0.1) is 5.56 Å². The fourth-order valence-corrected chi connectivity index (χ4v) is 4.39. The van der Waals surface area contributed by atoms with E-state index >= 15 is 0 Å². The van der Waals surface area contributed by atoms with Crippen molar-refractivity contribution >= 4 is 34.8 Å². The zero-order valence-corrected chi connectivity index (χ0v) is 19.4. The molecule has 34 heavy (non-hydrogen) atoms. The Balaban J connectivity index is 1.47. The van der Waals surface area contributed by atoms with E-state index in [1.54, 1.807) is 19.1 Å². The number of anilines is 4. The summed E-state index contributed by atoms with van der Waals surface area (Å²) in [7, 11) is 0. The van der Waals surface area contributed by atoms with Gasteiger partial charge in [-0.1, -0.05) is 6.58 Å². The molecule has 0 unspecified atom stereocenters. The number of rotatable bonds is 7. The van der Waals surface area contributed by atoms with Crippen LogP contribution in [0.5, 0.6) is 0 Å². The summed E-state index contributed by atoms with van der Waals surface area (Å²) in [5.74, 6) is 0.306. The van der Waals surface area contributed by atoms with Crippen LogP contribution in [-0.2, 0) is 4.79 Å². The molecule has 8 nitrogen and oxygen atoms in total. The van der Waals surface area contributed by atoms with Crippen molar-refractivity contribution in [1.82, 2.24) is 10.3 Å². The molecular formula is C25H31FN6O2. The van der Waals surface area contributed by atoms with Gasteiger partial charge in [0.15, 0.2) is 0 Å². The van der Waals surface area contributed by atoms with Gasteiger partial charge in [-0.05, 0) is 68.7 Å². The Bertz CT molecular complexity index is 1060. The minimum Gasteiger partial charge on any atom is -0.371 e. The van der Waals surface area contributed by atoms with Gasteiger partial charge in [-0.15, -0.1) is 0 Å². The van der Waals surface area contributed by atoms with E-state index in [0.717, 1.165) is 24.3 Å². The molecule has 1 aromatic heterocycles. The van der Waals surface area contributed by atoms with Gasteiger partial charge in [0.2, 0.25) is 5.91 Å². The van der Waals surface area contributed by atoms with E-state index in [4.69, 9.17) is 5.73 Å². The Kier molecular flexibility index (Phi) is 6.72. The molecule has 0 saturated carbocycles. The number of halogens is 1. The minimum atomic E-state index is -1.09. The van der Waals surface area contributed by atoms with E-state index in [0.29, 0.717) is 49.7 Å². The van der Waals surface area contributed by atoms with Gasteiger partial charge in [0.1, 0.15) is 17.3 Å². The van der Waals surface area contributed by atoms with E-state index in [9.17, 15) is 14.0 Å². The highest BCUT2D eigenvalue weighted by atomic mass is 19.1. The lowest BCUT2D eigenvalue weighted by molar-refractivity contribution is -0.117. The van der Waals surface area contributed by atoms with Crippen LogP contribution in [0.1, 0.15) is 36.5 Å². The third-order valence-corrected chi connectivity index (χ3v) is 6.49. The Morgan fingerprint density at radius 1 is 1.15 bits per heavy atom. The number of hydrogen-bond acceptors (Lipinski definition) is 6. The van der Waals surface area contributed by atoms with Crippen molar-refractivity contribution in [3.05, 3.63) is 54.6 Å². The third-order valence-electron chi connectivity index (χ3n) is 6.49. The van der Waals surface area contributed by atoms with Crippen molar-refractivity contribution in [2.24, 2.45) is 5.73 Å². The molecule has 3 heterocycles.